The highest BCUT2D eigenvalue weighted by Gasteiger charge is 2.12. The molecule has 3 N–H and O–H groups in total. The van der Waals surface area contributed by atoms with Crippen molar-refractivity contribution in [3.8, 4) is 11.6 Å². The number of nitro benzene ring substituents is 1. The Labute approximate surface area is 122 Å². The molecule has 0 aliphatic rings. The Kier molecular flexibility index (Phi) is 3.94. The number of ether oxygens (including phenoxy) is 1. The molecule has 2 aromatic rings. The number of nitrogens with zero attached hydrogens (tertiary/aromatic N) is 2. The van der Waals surface area contributed by atoms with Gasteiger partial charge in [0.15, 0.2) is 5.75 Å². The first-order valence-corrected chi connectivity index (χ1v) is 6.20. The van der Waals surface area contributed by atoms with Crippen molar-refractivity contribution in [3.05, 3.63) is 56.7 Å². The molecule has 7 nitrogen and oxygen atoms in total. The maximum atomic E-state index is 10.7. The Hall–Kier alpha value is -2.48. The summed E-state index contributed by atoms with van der Waals surface area (Å²) in [5.74, 6) is 0.264. The molecule has 0 unspecified atom stereocenters. The number of nitrogen functional groups attached to an aromatic ring is 1. The van der Waals surface area contributed by atoms with Gasteiger partial charge in [0.2, 0.25) is 5.88 Å². The maximum absolute atomic E-state index is 10.7. The third-order valence-corrected chi connectivity index (χ3v) is 2.99. The summed E-state index contributed by atoms with van der Waals surface area (Å²) in [6.07, 6.45) is 0. The number of non-ortho nitro benzene ring substituents is 1. The van der Waals surface area contributed by atoms with Gasteiger partial charge in [0, 0.05) is 12.1 Å². The van der Waals surface area contributed by atoms with Crippen LogP contribution in [-0.4, -0.2) is 15.7 Å². The van der Waals surface area contributed by atoms with Crippen molar-refractivity contribution in [1.29, 1.82) is 5.41 Å². The van der Waals surface area contributed by atoms with E-state index in [4.69, 9.17) is 15.9 Å². The van der Waals surface area contributed by atoms with Crippen molar-refractivity contribution >= 4 is 27.5 Å². The van der Waals surface area contributed by atoms with Gasteiger partial charge in [-0.05, 0) is 28.1 Å². The molecule has 0 saturated carbocycles. The van der Waals surface area contributed by atoms with Crippen molar-refractivity contribution in [3.63, 3.8) is 0 Å². The van der Waals surface area contributed by atoms with Crippen LogP contribution in [0.2, 0.25) is 0 Å². The summed E-state index contributed by atoms with van der Waals surface area (Å²) in [4.78, 5) is 14.2. The number of benzene rings is 1. The quantitative estimate of drug-likeness (QED) is 0.385. The van der Waals surface area contributed by atoms with Gasteiger partial charge >= 0.3 is 0 Å². The zero-order valence-corrected chi connectivity index (χ0v) is 11.6. The van der Waals surface area contributed by atoms with Crippen molar-refractivity contribution in [1.82, 2.24) is 4.98 Å². The van der Waals surface area contributed by atoms with Gasteiger partial charge in [-0.1, -0.05) is 6.07 Å². The van der Waals surface area contributed by atoms with E-state index in [1.54, 1.807) is 18.2 Å². The van der Waals surface area contributed by atoms with E-state index in [9.17, 15) is 10.1 Å². The molecule has 0 amide bonds. The highest BCUT2D eigenvalue weighted by atomic mass is 79.9. The number of aromatic nitrogens is 1. The SMILES string of the molecule is N=C(N)c1cccc(Oc2cc([N+](=O)[O-])ccc2Br)n1. The Balaban J connectivity index is 2.34. The van der Waals surface area contributed by atoms with Crippen LogP contribution in [-0.2, 0) is 0 Å². The smallest absolute Gasteiger partial charge is 0.273 e. The molecule has 0 spiro atoms. The first-order valence-electron chi connectivity index (χ1n) is 5.40. The van der Waals surface area contributed by atoms with Gasteiger partial charge in [-0.2, -0.15) is 0 Å². The van der Waals surface area contributed by atoms with Crippen molar-refractivity contribution in [2.24, 2.45) is 5.73 Å². The maximum Gasteiger partial charge on any atom is 0.273 e. The molecule has 8 heteroatoms. The van der Waals surface area contributed by atoms with Crippen LogP contribution >= 0.6 is 15.9 Å². The molecule has 0 fully saturated rings. The van der Waals surface area contributed by atoms with Crippen molar-refractivity contribution in [2.45, 2.75) is 0 Å². The second-order valence-corrected chi connectivity index (χ2v) is 4.60. The minimum atomic E-state index is -0.515. The van der Waals surface area contributed by atoms with Crippen LogP contribution in [0.25, 0.3) is 0 Å². The predicted molar refractivity (Wildman–Crippen MR) is 76.1 cm³/mol. The molecule has 0 bridgehead atoms. The largest absolute Gasteiger partial charge is 0.438 e. The third-order valence-electron chi connectivity index (χ3n) is 2.34. The van der Waals surface area contributed by atoms with Crippen LogP contribution in [0, 0.1) is 15.5 Å². The van der Waals surface area contributed by atoms with Gasteiger partial charge in [0.1, 0.15) is 11.5 Å². The Morgan fingerprint density at radius 1 is 1.40 bits per heavy atom. The number of nitrogens with two attached hydrogens (primary N) is 1. The summed E-state index contributed by atoms with van der Waals surface area (Å²) in [7, 11) is 0. The van der Waals surface area contributed by atoms with E-state index in [0.717, 1.165) is 0 Å². The fourth-order valence-electron chi connectivity index (χ4n) is 1.42. The second-order valence-electron chi connectivity index (χ2n) is 3.75. The summed E-state index contributed by atoms with van der Waals surface area (Å²) >= 11 is 3.24. The molecule has 102 valence electrons. The van der Waals surface area contributed by atoms with Crippen LogP contribution in [0.4, 0.5) is 5.69 Å². The minimum absolute atomic E-state index is 0.0917. The molecule has 1 heterocycles. The third kappa shape index (κ3) is 3.09. The van der Waals surface area contributed by atoms with Gasteiger partial charge in [-0.3, -0.25) is 15.5 Å². The van der Waals surface area contributed by atoms with Crippen LogP contribution in [0.15, 0.2) is 40.9 Å². The molecule has 2 rings (SSSR count). The fraction of sp³-hybridized carbons (Fsp3) is 0. The Morgan fingerprint density at radius 3 is 2.80 bits per heavy atom. The molecular formula is C12H9BrN4O3. The van der Waals surface area contributed by atoms with E-state index in [2.05, 4.69) is 20.9 Å². The molecular weight excluding hydrogens is 328 g/mol. The van der Waals surface area contributed by atoms with Gasteiger partial charge in [0.05, 0.1) is 15.5 Å². The topological polar surface area (TPSA) is 115 Å². The van der Waals surface area contributed by atoms with E-state index < -0.39 is 4.92 Å². The van der Waals surface area contributed by atoms with Crippen LogP contribution < -0.4 is 10.5 Å². The van der Waals surface area contributed by atoms with Crippen LogP contribution in [0.5, 0.6) is 11.6 Å². The molecule has 1 aromatic carbocycles. The number of nitrogens with one attached hydrogen (secondary N) is 1. The molecule has 0 saturated heterocycles. The van der Waals surface area contributed by atoms with E-state index >= 15 is 0 Å². The molecule has 0 radical (unpaired) electrons. The number of amidine groups is 1. The van der Waals surface area contributed by atoms with E-state index in [0.29, 0.717) is 4.47 Å². The van der Waals surface area contributed by atoms with Gasteiger partial charge in [-0.15, -0.1) is 0 Å². The zero-order valence-electron chi connectivity index (χ0n) is 10.0. The van der Waals surface area contributed by atoms with Gasteiger partial charge < -0.3 is 10.5 Å². The Morgan fingerprint density at radius 2 is 2.15 bits per heavy atom. The summed E-state index contributed by atoms with van der Waals surface area (Å²) in [6, 6.07) is 8.92. The van der Waals surface area contributed by atoms with Gasteiger partial charge in [-0.25, -0.2) is 4.98 Å². The predicted octanol–water partition coefficient (Wildman–Crippen LogP) is 2.83. The normalized spacial score (nSPS) is 10.1. The van der Waals surface area contributed by atoms with E-state index in [-0.39, 0.29) is 28.8 Å². The summed E-state index contributed by atoms with van der Waals surface area (Å²) in [6.45, 7) is 0. The number of halogens is 1. The zero-order chi connectivity index (χ0) is 14.7. The second kappa shape index (κ2) is 5.66. The average molecular weight is 337 g/mol. The highest BCUT2D eigenvalue weighted by molar-refractivity contribution is 9.10. The molecule has 20 heavy (non-hydrogen) atoms. The monoisotopic (exact) mass is 336 g/mol. The molecule has 0 aliphatic heterocycles. The average Bonchev–Trinajstić information content (AvgIpc) is 2.41. The number of hydrogen-bond acceptors (Lipinski definition) is 5. The van der Waals surface area contributed by atoms with Crippen LogP contribution in [0.3, 0.4) is 0 Å². The van der Waals surface area contributed by atoms with E-state index in [1.165, 1.54) is 18.2 Å². The van der Waals surface area contributed by atoms with Crippen LogP contribution in [0.1, 0.15) is 5.69 Å². The van der Waals surface area contributed by atoms with E-state index in [1.807, 2.05) is 0 Å². The highest BCUT2D eigenvalue weighted by Crippen LogP contribution is 2.32. The lowest BCUT2D eigenvalue weighted by Crippen LogP contribution is -2.13. The van der Waals surface area contributed by atoms with Crippen molar-refractivity contribution < 1.29 is 9.66 Å². The molecule has 0 atom stereocenters. The summed E-state index contributed by atoms with van der Waals surface area (Å²) < 4.78 is 6.03. The lowest BCUT2D eigenvalue weighted by atomic mass is 10.3. The summed E-state index contributed by atoms with van der Waals surface area (Å²) in [5, 5.41) is 18.0. The molecule has 0 aliphatic carbocycles. The first kappa shape index (κ1) is 13.9. The summed E-state index contributed by atoms with van der Waals surface area (Å²) in [5.41, 5.74) is 5.51. The number of rotatable bonds is 4. The molecule has 1 aromatic heterocycles. The first-order chi connectivity index (χ1) is 9.47. The fourth-order valence-corrected chi connectivity index (χ4v) is 1.75. The number of hydrogen-bond donors (Lipinski definition) is 2. The minimum Gasteiger partial charge on any atom is -0.438 e. The Bertz CT molecular complexity index is 690. The number of pyridine rings is 1. The standard InChI is InChI=1S/C12H9BrN4O3/c13-8-5-4-7(17(18)19)6-10(8)20-11-3-1-2-9(16-11)12(14)15/h1-6H,(H3,14,15). The van der Waals surface area contributed by atoms with Crippen molar-refractivity contribution in [2.75, 3.05) is 0 Å². The van der Waals surface area contributed by atoms with Gasteiger partial charge in [0.25, 0.3) is 5.69 Å². The lowest BCUT2D eigenvalue weighted by molar-refractivity contribution is -0.384. The number of nitro groups is 1. The lowest BCUT2D eigenvalue weighted by Gasteiger charge is -2.07.